The van der Waals surface area contributed by atoms with E-state index < -0.39 is 35.0 Å². The summed E-state index contributed by atoms with van der Waals surface area (Å²) < 4.78 is 23.8. The number of aliphatic hydroxyl groups excluding tert-OH is 1. The Kier molecular flexibility index (Phi) is 6.77. The van der Waals surface area contributed by atoms with Crippen LogP contribution in [0.3, 0.4) is 0 Å². The van der Waals surface area contributed by atoms with E-state index in [0.29, 0.717) is 27.1 Å². The first-order valence-electron chi connectivity index (χ1n) is 11.9. The zero-order valence-electron chi connectivity index (χ0n) is 21.2. The monoisotopic (exact) mass is 585 g/mol. The molecule has 1 aliphatic heterocycles. The van der Waals surface area contributed by atoms with Crippen molar-refractivity contribution < 1.29 is 38.8 Å². The molecule has 38 heavy (non-hydrogen) atoms. The molecule has 0 bridgehead atoms. The highest BCUT2D eigenvalue weighted by atomic mass is 79.9. The Morgan fingerprint density at radius 2 is 1.63 bits per heavy atom. The third-order valence-corrected chi connectivity index (χ3v) is 8.30. The smallest absolute Gasteiger partial charge is 0.250 e. The molecule has 2 aliphatic rings. The number of aliphatic hydroxyl groups is 2. The molecule has 1 amide bonds. The van der Waals surface area contributed by atoms with Crippen molar-refractivity contribution in [2.75, 3.05) is 28.4 Å². The molecule has 1 aliphatic carbocycles. The number of ether oxygens (including phenoxy) is 4. The lowest BCUT2D eigenvalue weighted by Gasteiger charge is -2.40. The summed E-state index contributed by atoms with van der Waals surface area (Å²) in [6.07, 6.45) is -1.64. The minimum Gasteiger partial charge on any atom is -0.497 e. The molecule has 0 saturated heterocycles. The third-order valence-electron chi connectivity index (χ3n) is 7.55. The van der Waals surface area contributed by atoms with Gasteiger partial charge < -0.3 is 29.2 Å². The largest absolute Gasteiger partial charge is 0.497 e. The molecule has 1 fully saturated rings. The Morgan fingerprint density at radius 1 is 0.974 bits per heavy atom. The van der Waals surface area contributed by atoms with Gasteiger partial charge in [0.2, 0.25) is 5.91 Å². The molecule has 5 rings (SSSR count). The first kappa shape index (κ1) is 26.3. The van der Waals surface area contributed by atoms with Gasteiger partial charge in [-0.3, -0.25) is 9.63 Å². The summed E-state index contributed by atoms with van der Waals surface area (Å²) in [5.41, 5.74) is -0.0901. The van der Waals surface area contributed by atoms with Gasteiger partial charge in [-0.1, -0.05) is 42.5 Å². The second kappa shape index (κ2) is 9.77. The predicted octanol–water partition coefficient (Wildman–Crippen LogP) is 3.40. The summed E-state index contributed by atoms with van der Waals surface area (Å²) in [4.78, 5) is 18.4. The minimum atomic E-state index is -2.15. The summed E-state index contributed by atoms with van der Waals surface area (Å²) in [6.45, 7) is 0. The molecule has 3 N–H and O–H groups in total. The lowest BCUT2D eigenvalue weighted by molar-refractivity contribution is -0.157. The molecule has 3 aromatic rings. The number of hydroxylamine groups is 1. The van der Waals surface area contributed by atoms with Gasteiger partial charge in [-0.25, -0.2) is 5.48 Å². The van der Waals surface area contributed by atoms with Gasteiger partial charge in [0.05, 0.1) is 39.9 Å². The predicted molar refractivity (Wildman–Crippen MR) is 140 cm³/mol. The normalized spacial score (nSPS) is 27.2. The topological polar surface area (TPSA) is 116 Å². The van der Waals surface area contributed by atoms with E-state index >= 15 is 0 Å². The molecule has 0 aromatic heterocycles. The van der Waals surface area contributed by atoms with E-state index in [4.69, 9.17) is 23.8 Å². The molecule has 0 radical (unpaired) electrons. The maximum Gasteiger partial charge on any atom is 0.250 e. The molecule has 0 unspecified atom stereocenters. The van der Waals surface area contributed by atoms with Crippen LogP contribution in [-0.4, -0.2) is 50.7 Å². The van der Waals surface area contributed by atoms with E-state index in [-0.39, 0.29) is 17.1 Å². The number of methoxy groups -OCH3 is 3. The van der Waals surface area contributed by atoms with Crippen LogP contribution in [0.2, 0.25) is 0 Å². The van der Waals surface area contributed by atoms with E-state index in [1.165, 1.54) is 21.3 Å². The lowest BCUT2D eigenvalue weighted by Crippen LogP contribution is -2.52. The van der Waals surface area contributed by atoms with Crippen molar-refractivity contribution in [1.82, 2.24) is 5.48 Å². The fourth-order valence-electron chi connectivity index (χ4n) is 6.01. The van der Waals surface area contributed by atoms with Gasteiger partial charge in [-0.15, -0.1) is 0 Å². The number of carbonyl (C=O) groups is 1. The summed E-state index contributed by atoms with van der Waals surface area (Å²) in [5.74, 6) is -1.19. The average Bonchev–Trinajstić information content (AvgIpc) is 3.33. The third kappa shape index (κ3) is 3.44. The number of benzene rings is 3. The second-order valence-electron chi connectivity index (χ2n) is 9.16. The number of hydrogen-bond acceptors (Lipinski definition) is 8. The number of hydrogen-bond donors (Lipinski definition) is 3. The lowest BCUT2D eigenvalue weighted by atomic mass is 9.70. The Bertz CT molecular complexity index is 1350. The number of nitrogens with one attached hydrogen (secondary N) is 1. The SMILES string of the molecule is CONC(=O)[C@H]1[C@@H](O)[C@@]2(O)c3c(OC)cc(OC)c(Br)c3O[C@@]2(c2ccc(OC)cc2)[C@@H]1c1ccccc1. The van der Waals surface area contributed by atoms with Gasteiger partial charge in [0.15, 0.2) is 11.2 Å². The van der Waals surface area contributed by atoms with E-state index in [9.17, 15) is 15.0 Å². The summed E-state index contributed by atoms with van der Waals surface area (Å²) in [6, 6.07) is 17.8. The number of rotatable bonds is 7. The maximum absolute atomic E-state index is 13.5. The van der Waals surface area contributed by atoms with Gasteiger partial charge in [0.25, 0.3) is 0 Å². The first-order chi connectivity index (χ1) is 18.3. The second-order valence-corrected chi connectivity index (χ2v) is 9.95. The zero-order chi connectivity index (χ0) is 27.2. The van der Waals surface area contributed by atoms with Gasteiger partial charge in [-0.05, 0) is 39.2 Å². The van der Waals surface area contributed by atoms with Crippen molar-refractivity contribution in [1.29, 1.82) is 0 Å². The highest BCUT2D eigenvalue weighted by molar-refractivity contribution is 9.10. The number of amides is 1. The van der Waals surface area contributed by atoms with E-state index in [1.54, 1.807) is 37.4 Å². The molecule has 1 saturated carbocycles. The summed E-state index contributed by atoms with van der Waals surface area (Å²) in [7, 11) is 5.81. The molecule has 3 aromatic carbocycles. The van der Waals surface area contributed by atoms with Crippen molar-refractivity contribution in [2.24, 2.45) is 5.92 Å². The standard InChI is InChI=1S/C28H28BrNO8/c1-34-17-12-10-16(11-13-17)28-21(15-8-6-5-7-9-15)20(26(32)30-37-4)25(31)27(28,33)22-18(35-2)14-19(36-3)23(29)24(22)38-28/h5-14,20-21,25,31,33H,1-4H3,(H,30,32)/t20-,21-,25-,27+,28+/m1/s1. The van der Waals surface area contributed by atoms with Crippen molar-refractivity contribution in [2.45, 2.75) is 23.2 Å². The molecular formula is C28H28BrNO8. The Hall–Kier alpha value is -3.31. The summed E-state index contributed by atoms with van der Waals surface area (Å²) in [5, 5.41) is 24.8. The van der Waals surface area contributed by atoms with Crippen LogP contribution in [0, 0.1) is 5.92 Å². The molecule has 0 spiro atoms. The average molecular weight is 586 g/mol. The molecule has 5 atom stereocenters. The van der Waals surface area contributed by atoms with Crippen LogP contribution in [0.1, 0.15) is 22.6 Å². The van der Waals surface area contributed by atoms with E-state index in [1.807, 2.05) is 30.3 Å². The van der Waals surface area contributed by atoms with Crippen LogP contribution in [0.15, 0.2) is 65.1 Å². The van der Waals surface area contributed by atoms with Crippen molar-refractivity contribution in [3.63, 3.8) is 0 Å². The highest BCUT2D eigenvalue weighted by Crippen LogP contribution is 2.71. The number of carbonyl (C=O) groups excluding carboxylic acids is 1. The van der Waals surface area contributed by atoms with Crippen molar-refractivity contribution in [3.05, 3.63) is 81.8 Å². The van der Waals surface area contributed by atoms with Crippen LogP contribution in [0.25, 0.3) is 0 Å². The molecule has 9 nitrogen and oxygen atoms in total. The van der Waals surface area contributed by atoms with Crippen molar-refractivity contribution in [3.8, 4) is 23.0 Å². The fraction of sp³-hybridized carbons (Fsp3) is 0.321. The van der Waals surface area contributed by atoms with Crippen LogP contribution in [0.4, 0.5) is 0 Å². The van der Waals surface area contributed by atoms with Crippen LogP contribution < -0.4 is 24.4 Å². The molecular weight excluding hydrogens is 558 g/mol. The van der Waals surface area contributed by atoms with Gasteiger partial charge in [-0.2, -0.15) is 0 Å². The number of halogens is 1. The Labute approximate surface area is 228 Å². The highest BCUT2D eigenvalue weighted by Gasteiger charge is 2.78. The minimum absolute atomic E-state index is 0.199. The molecule has 1 heterocycles. The Balaban J connectivity index is 1.90. The van der Waals surface area contributed by atoms with Crippen LogP contribution in [-0.2, 0) is 20.8 Å². The van der Waals surface area contributed by atoms with Gasteiger partial charge in [0.1, 0.15) is 33.6 Å². The Morgan fingerprint density at radius 3 is 2.21 bits per heavy atom. The van der Waals surface area contributed by atoms with Gasteiger partial charge in [0, 0.05) is 12.0 Å². The number of fused-ring (bicyclic) bond motifs is 3. The van der Waals surface area contributed by atoms with E-state index in [2.05, 4.69) is 21.4 Å². The quantitative estimate of drug-likeness (QED) is 0.361. The molecule has 10 heteroatoms. The van der Waals surface area contributed by atoms with Crippen LogP contribution in [0.5, 0.6) is 23.0 Å². The summed E-state index contributed by atoms with van der Waals surface area (Å²) >= 11 is 3.56. The van der Waals surface area contributed by atoms with Gasteiger partial charge >= 0.3 is 0 Å². The zero-order valence-corrected chi connectivity index (χ0v) is 22.8. The van der Waals surface area contributed by atoms with E-state index in [0.717, 1.165) is 0 Å². The van der Waals surface area contributed by atoms with Crippen molar-refractivity contribution >= 4 is 21.8 Å². The first-order valence-corrected chi connectivity index (χ1v) is 12.7. The van der Waals surface area contributed by atoms with Crippen LogP contribution >= 0.6 is 15.9 Å². The fourth-order valence-corrected chi connectivity index (χ4v) is 6.56. The maximum atomic E-state index is 13.5. The molecule has 200 valence electrons.